The fraction of sp³-hybridized carbons (Fsp3) is 0.0256. The van der Waals surface area contributed by atoms with Gasteiger partial charge in [0.15, 0.2) is 5.75 Å². The molecule has 0 aliphatic carbocycles. The van der Waals surface area contributed by atoms with Gasteiger partial charge in [-0.05, 0) is 52.6 Å². The van der Waals surface area contributed by atoms with Gasteiger partial charge in [0.25, 0.3) is 0 Å². The number of ether oxygens (including phenoxy) is 1. The van der Waals surface area contributed by atoms with E-state index in [0.717, 1.165) is 27.8 Å². The largest absolute Gasteiger partial charge is 0.455 e. The minimum atomic E-state index is -0.588. The predicted molar refractivity (Wildman–Crippen MR) is 173 cm³/mol. The average molecular weight is 580 g/mol. The summed E-state index contributed by atoms with van der Waals surface area (Å²) in [7, 11) is 0. The quantitative estimate of drug-likeness (QED) is 0.177. The highest BCUT2D eigenvalue weighted by molar-refractivity contribution is 5.77. The zero-order chi connectivity index (χ0) is 30.6. The van der Waals surface area contributed by atoms with Crippen molar-refractivity contribution in [3.05, 3.63) is 185 Å². The molecule has 0 saturated carbocycles. The van der Waals surface area contributed by atoms with E-state index < -0.39 is 5.41 Å². The minimum Gasteiger partial charge on any atom is -0.455 e. The summed E-state index contributed by atoms with van der Waals surface area (Å²) in [6, 6.07) is 54.5. The summed E-state index contributed by atoms with van der Waals surface area (Å²) in [5, 5.41) is 28.2. The third kappa shape index (κ3) is 4.77. The van der Waals surface area contributed by atoms with Crippen LogP contribution in [0.25, 0.3) is 16.7 Å². The minimum absolute atomic E-state index is 0.216. The number of nitrogens with zero attached hydrogens (tertiary/aromatic N) is 5. The van der Waals surface area contributed by atoms with E-state index in [9.17, 15) is 10.5 Å². The molecule has 0 saturated heterocycles. The van der Waals surface area contributed by atoms with Gasteiger partial charge in [-0.25, -0.2) is 4.68 Å². The third-order valence-corrected chi connectivity index (χ3v) is 8.06. The Morgan fingerprint density at radius 3 is 1.60 bits per heavy atom. The highest BCUT2D eigenvalue weighted by atomic mass is 16.5. The van der Waals surface area contributed by atoms with E-state index in [4.69, 9.17) is 4.74 Å². The molecule has 1 aromatic heterocycles. The predicted octanol–water partition coefficient (Wildman–Crippen LogP) is 8.34. The smallest absolute Gasteiger partial charge is 0.154 e. The molecule has 6 aromatic carbocycles. The molecule has 6 nitrogen and oxygen atoms in total. The molecule has 6 heteroatoms. The Bertz CT molecular complexity index is 2100. The van der Waals surface area contributed by atoms with Crippen LogP contribution in [0, 0.1) is 22.7 Å². The molecular weight excluding hydrogens is 554 g/mol. The highest BCUT2D eigenvalue weighted by Gasteiger charge is 2.38. The van der Waals surface area contributed by atoms with Gasteiger partial charge in [-0.15, -0.1) is 5.10 Å². The van der Waals surface area contributed by atoms with E-state index >= 15 is 0 Å². The molecule has 0 amide bonds. The number of para-hydroxylation sites is 1. The second-order valence-corrected chi connectivity index (χ2v) is 10.6. The summed E-state index contributed by atoms with van der Waals surface area (Å²) in [5.41, 5.74) is 6.32. The fourth-order valence-corrected chi connectivity index (χ4v) is 6.01. The molecule has 0 aliphatic rings. The molecule has 0 unspecified atom stereocenters. The molecular formula is C39H25N5O. The standard InChI is InChI=1S/C39H25N5O/c40-26-28-24-37(44-36-19-11-10-18-35(36)42-43-44)38(25-29(28)27-41)45-34-22-20-33(21-23-34)39(30-12-4-1-5-13-30,31-14-6-2-7-15-31)32-16-8-3-9-17-32/h1-25H. The van der Waals surface area contributed by atoms with Gasteiger partial charge in [-0.2, -0.15) is 10.5 Å². The van der Waals surface area contributed by atoms with Crippen LogP contribution >= 0.6 is 0 Å². The molecule has 0 radical (unpaired) electrons. The summed E-state index contributed by atoms with van der Waals surface area (Å²) >= 11 is 0. The Morgan fingerprint density at radius 2 is 1.04 bits per heavy atom. The van der Waals surface area contributed by atoms with Crippen LogP contribution in [0.4, 0.5) is 0 Å². The monoisotopic (exact) mass is 579 g/mol. The van der Waals surface area contributed by atoms with Crippen LogP contribution in [0.2, 0.25) is 0 Å². The van der Waals surface area contributed by atoms with Crippen molar-refractivity contribution in [1.29, 1.82) is 10.5 Å². The van der Waals surface area contributed by atoms with Crippen LogP contribution in [-0.4, -0.2) is 15.0 Å². The van der Waals surface area contributed by atoms with Crippen molar-refractivity contribution in [3.63, 3.8) is 0 Å². The maximum Gasteiger partial charge on any atom is 0.154 e. The molecule has 0 aliphatic heterocycles. The van der Waals surface area contributed by atoms with Gasteiger partial charge in [0, 0.05) is 6.07 Å². The number of hydrogen-bond donors (Lipinski definition) is 0. The average Bonchev–Trinajstić information content (AvgIpc) is 3.54. The maximum absolute atomic E-state index is 9.79. The Kier molecular flexibility index (Phi) is 7.07. The Labute approximate surface area is 260 Å². The lowest BCUT2D eigenvalue weighted by atomic mass is 9.65. The van der Waals surface area contributed by atoms with E-state index in [1.807, 2.05) is 54.6 Å². The molecule has 0 bridgehead atoms. The van der Waals surface area contributed by atoms with E-state index in [1.165, 1.54) is 0 Å². The van der Waals surface area contributed by atoms with Crippen LogP contribution in [0.1, 0.15) is 33.4 Å². The molecule has 1 heterocycles. The van der Waals surface area contributed by atoms with Gasteiger partial charge in [-0.1, -0.05) is 120 Å². The summed E-state index contributed by atoms with van der Waals surface area (Å²) in [5.74, 6) is 0.954. The molecule has 0 N–H and O–H groups in total. The van der Waals surface area contributed by atoms with Crippen LogP contribution in [0.15, 0.2) is 152 Å². The van der Waals surface area contributed by atoms with Gasteiger partial charge >= 0.3 is 0 Å². The summed E-state index contributed by atoms with van der Waals surface area (Å²) in [6.45, 7) is 0. The lowest BCUT2D eigenvalue weighted by molar-refractivity contribution is 0.477. The molecule has 0 spiro atoms. The van der Waals surface area contributed by atoms with Gasteiger partial charge in [0.1, 0.15) is 29.1 Å². The third-order valence-electron chi connectivity index (χ3n) is 8.06. The van der Waals surface area contributed by atoms with E-state index in [1.54, 1.807) is 16.8 Å². The number of benzene rings is 6. The van der Waals surface area contributed by atoms with Crippen molar-refractivity contribution < 1.29 is 4.74 Å². The summed E-state index contributed by atoms with van der Waals surface area (Å²) < 4.78 is 8.09. The van der Waals surface area contributed by atoms with E-state index in [0.29, 0.717) is 22.7 Å². The Balaban J connectivity index is 1.37. The number of nitriles is 2. The van der Waals surface area contributed by atoms with Crippen molar-refractivity contribution in [2.24, 2.45) is 0 Å². The zero-order valence-electron chi connectivity index (χ0n) is 24.1. The summed E-state index contributed by atoms with van der Waals surface area (Å²) in [4.78, 5) is 0. The molecule has 45 heavy (non-hydrogen) atoms. The van der Waals surface area contributed by atoms with Crippen LogP contribution in [-0.2, 0) is 5.41 Å². The van der Waals surface area contributed by atoms with Crippen LogP contribution < -0.4 is 4.74 Å². The second-order valence-electron chi connectivity index (χ2n) is 10.6. The van der Waals surface area contributed by atoms with Crippen molar-refractivity contribution in [3.8, 4) is 29.3 Å². The van der Waals surface area contributed by atoms with E-state index in [2.05, 4.69) is 107 Å². The van der Waals surface area contributed by atoms with Gasteiger partial charge in [-0.3, -0.25) is 0 Å². The number of rotatable bonds is 7. The lowest BCUT2D eigenvalue weighted by Crippen LogP contribution is -2.30. The van der Waals surface area contributed by atoms with Gasteiger partial charge < -0.3 is 4.74 Å². The highest BCUT2D eigenvalue weighted by Crippen LogP contribution is 2.45. The summed E-state index contributed by atoms with van der Waals surface area (Å²) in [6.07, 6.45) is 0. The van der Waals surface area contributed by atoms with E-state index in [-0.39, 0.29) is 11.1 Å². The SMILES string of the molecule is N#Cc1cc(Oc2ccc(C(c3ccccc3)(c3ccccc3)c3ccccc3)cc2)c(-n2nnc3ccccc32)cc1C#N. The Hall–Kier alpha value is -6.50. The first-order chi connectivity index (χ1) is 22.2. The molecule has 7 aromatic rings. The first-order valence-corrected chi connectivity index (χ1v) is 14.5. The lowest BCUT2D eigenvalue weighted by Gasteiger charge is -2.36. The normalized spacial score (nSPS) is 11.1. The second kappa shape index (κ2) is 11.6. The number of fused-ring (bicyclic) bond motifs is 1. The molecule has 7 rings (SSSR count). The number of aromatic nitrogens is 3. The maximum atomic E-state index is 9.79. The molecule has 0 fully saturated rings. The van der Waals surface area contributed by atoms with Crippen LogP contribution in [0.5, 0.6) is 11.5 Å². The van der Waals surface area contributed by atoms with Crippen LogP contribution in [0.3, 0.4) is 0 Å². The molecule has 0 atom stereocenters. The number of hydrogen-bond acceptors (Lipinski definition) is 5. The fourth-order valence-electron chi connectivity index (χ4n) is 6.01. The van der Waals surface area contributed by atoms with Crippen molar-refractivity contribution in [1.82, 2.24) is 15.0 Å². The van der Waals surface area contributed by atoms with Gasteiger partial charge in [0.2, 0.25) is 0 Å². The van der Waals surface area contributed by atoms with Crippen molar-refractivity contribution in [2.45, 2.75) is 5.41 Å². The first kappa shape index (κ1) is 27.3. The van der Waals surface area contributed by atoms with Gasteiger partial charge in [0.05, 0.1) is 22.1 Å². The van der Waals surface area contributed by atoms with Crippen molar-refractivity contribution in [2.75, 3.05) is 0 Å². The zero-order valence-corrected chi connectivity index (χ0v) is 24.1. The Morgan fingerprint density at radius 1 is 0.556 bits per heavy atom. The van der Waals surface area contributed by atoms with Crippen molar-refractivity contribution >= 4 is 11.0 Å². The molecule has 212 valence electrons. The topological polar surface area (TPSA) is 87.5 Å². The first-order valence-electron chi connectivity index (χ1n) is 14.5.